The third kappa shape index (κ3) is 1.43. The summed E-state index contributed by atoms with van der Waals surface area (Å²) in [6.45, 7) is 2.16. The molecule has 0 saturated heterocycles. The highest BCUT2D eigenvalue weighted by Crippen LogP contribution is 2.22. The smallest absolute Gasteiger partial charge is 0.0710 e. The maximum Gasteiger partial charge on any atom is 0.0710 e. The molecule has 0 saturated carbocycles. The molecule has 0 aliphatic heterocycles. The molecule has 0 radical (unpaired) electrons. The SMILES string of the molecule is CCc1cnn(C)c1-c1ccccc1. The van der Waals surface area contributed by atoms with Crippen LogP contribution in [0, 0.1) is 0 Å². The van der Waals surface area contributed by atoms with E-state index in [0.29, 0.717) is 0 Å². The van der Waals surface area contributed by atoms with Gasteiger partial charge in [-0.25, -0.2) is 0 Å². The fourth-order valence-electron chi connectivity index (χ4n) is 1.71. The van der Waals surface area contributed by atoms with Crippen LogP contribution in [-0.4, -0.2) is 9.78 Å². The van der Waals surface area contributed by atoms with Crippen LogP contribution in [0.4, 0.5) is 0 Å². The Morgan fingerprint density at radius 3 is 2.57 bits per heavy atom. The van der Waals surface area contributed by atoms with E-state index in [2.05, 4.69) is 36.3 Å². The Hall–Kier alpha value is -1.57. The predicted octanol–water partition coefficient (Wildman–Crippen LogP) is 2.65. The number of hydrogen-bond donors (Lipinski definition) is 0. The van der Waals surface area contributed by atoms with Crippen LogP contribution in [0.3, 0.4) is 0 Å². The van der Waals surface area contributed by atoms with Crippen molar-refractivity contribution in [2.45, 2.75) is 13.3 Å². The minimum absolute atomic E-state index is 1.03. The number of hydrogen-bond acceptors (Lipinski definition) is 1. The third-order valence-electron chi connectivity index (χ3n) is 2.44. The second kappa shape index (κ2) is 3.66. The van der Waals surface area contributed by atoms with Crippen LogP contribution in [0.15, 0.2) is 36.5 Å². The molecule has 0 bridgehead atoms. The number of benzene rings is 1. The lowest BCUT2D eigenvalue weighted by atomic mass is 10.1. The predicted molar refractivity (Wildman–Crippen MR) is 58.0 cm³/mol. The largest absolute Gasteiger partial charge is 0.268 e. The lowest BCUT2D eigenvalue weighted by molar-refractivity contribution is 0.775. The van der Waals surface area contributed by atoms with Crippen molar-refractivity contribution in [3.05, 3.63) is 42.1 Å². The van der Waals surface area contributed by atoms with Crippen LogP contribution < -0.4 is 0 Å². The zero-order valence-electron chi connectivity index (χ0n) is 8.57. The summed E-state index contributed by atoms with van der Waals surface area (Å²) < 4.78 is 1.94. The average Bonchev–Trinajstić information content (AvgIpc) is 2.61. The van der Waals surface area contributed by atoms with Gasteiger partial charge in [-0.3, -0.25) is 4.68 Å². The lowest BCUT2D eigenvalue weighted by Crippen LogP contribution is -1.94. The second-order valence-electron chi connectivity index (χ2n) is 3.36. The maximum atomic E-state index is 4.28. The van der Waals surface area contributed by atoms with Crippen LogP contribution >= 0.6 is 0 Å². The first-order chi connectivity index (χ1) is 6.83. The standard InChI is InChI=1S/C12H14N2/c1-3-10-9-13-14(2)12(10)11-7-5-4-6-8-11/h4-9H,3H2,1-2H3. The van der Waals surface area contributed by atoms with Gasteiger partial charge in [-0.05, 0) is 12.0 Å². The molecular weight excluding hydrogens is 172 g/mol. The van der Waals surface area contributed by atoms with Crippen LogP contribution in [-0.2, 0) is 13.5 Å². The summed E-state index contributed by atoms with van der Waals surface area (Å²) in [6, 6.07) is 10.4. The second-order valence-corrected chi connectivity index (χ2v) is 3.36. The van der Waals surface area contributed by atoms with Crippen molar-refractivity contribution in [3.63, 3.8) is 0 Å². The molecule has 0 amide bonds. The first-order valence-electron chi connectivity index (χ1n) is 4.89. The fourth-order valence-corrected chi connectivity index (χ4v) is 1.71. The summed E-state index contributed by atoms with van der Waals surface area (Å²) in [5, 5.41) is 4.28. The average molecular weight is 186 g/mol. The highest BCUT2D eigenvalue weighted by molar-refractivity contribution is 5.63. The van der Waals surface area contributed by atoms with E-state index >= 15 is 0 Å². The van der Waals surface area contributed by atoms with Gasteiger partial charge in [0.1, 0.15) is 0 Å². The van der Waals surface area contributed by atoms with Crippen molar-refractivity contribution < 1.29 is 0 Å². The van der Waals surface area contributed by atoms with Gasteiger partial charge in [0.2, 0.25) is 0 Å². The zero-order valence-corrected chi connectivity index (χ0v) is 8.57. The van der Waals surface area contributed by atoms with Crippen LogP contribution in [0.25, 0.3) is 11.3 Å². The number of aromatic nitrogens is 2. The minimum atomic E-state index is 1.03. The molecule has 0 fully saturated rings. The fraction of sp³-hybridized carbons (Fsp3) is 0.250. The number of nitrogens with zero attached hydrogens (tertiary/aromatic N) is 2. The van der Waals surface area contributed by atoms with Gasteiger partial charge in [-0.1, -0.05) is 37.3 Å². The molecule has 2 nitrogen and oxygen atoms in total. The van der Waals surface area contributed by atoms with Crippen molar-refractivity contribution in [2.24, 2.45) is 7.05 Å². The first-order valence-corrected chi connectivity index (χ1v) is 4.89. The van der Waals surface area contributed by atoms with Crippen LogP contribution in [0.1, 0.15) is 12.5 Å². The molecule has 72 valence electrons. The van der Waals surface area contributed by atoms with E-state index in [4.69, 9.17) is 0 Å². The Balaban J connectivity index is 2.55. The molecule has 0 atom stereocenters. The quantitative estimate of drug-likeness (QED) is 0.705. The highest BCUT2D eigenvalue weighted by atomic mass is 15.3. The summed E-state index contributed by atoms with van der Waals surface area (Å²) in [5.74, 6) is 0. The molecule has 0 aliphatic carbocycles. The van der Waals surface area contributed by atoms with E-state index in [1.54, 1.807) is 0 Å². The van der Waals surface area contributed by atoms with Crippen molar-refractivity contribution >= 4 is 0 Å². The summed E-state index contributed by atoms with van der Waals surface area (Å²) in [6.07, 6.45) is 2.97. The lowest BCUT2D eigenvalue weighted by Gasteiger charge is -2.04. The van der Waals surface area contributed by atoms with Gasteiger partial charge in [0, 0.05) is 12.6 Å². The van der Waals surface area contributed by atoms with Gasteiger partial charge < -0.3 is 0 Å². The maximum absolute atomic E-state index is 4.28. The molecule has 0 N–H and O–H groups in total. The van der Waals surface area contributed by atoms with E-state index in [1.807, 2.05) is 24.0 Å². The zero-order chi connectivity index (χ0) is 9.97. The molecule has 2 heteroatoms. The Kier molecular flexibility index (Phi) is 2.35. The van der Waals surface area contributed by atoms with Crippen LogP contribution in [0.2, 0.25) is 0 Å². The van der Waals surface area contributed by atoms with Crippen molar-refractivity contribution in [3.8, 4) is 11.3 Å². The van der Waals surface area contributed by atoms with E-state index in [1.165, 1.54) is 16.8 Å². The normalized spacial score (nSPS) is 10.4. The van der Waals surface area contributed by atoms with Crippen molar-refractivity contribution in [2.75, 3.05) is 0 Å². The number of rotatable bonds is 2. The highest BCUT2D eigenvalue weighted by Gasteiger charge is 2.07. The molecule has 1 aromatic heterocycles. The monoisotopic (exact) mass is 186 g/mol. The molecule has 0 aliphatic rings. The van der Waals surface area contributed by atoms with Gasteiger partial charge >= 0.3 is 0 Å². The van der Waals surface area contributed by atoms with Gasteiger partial charge in [0.05, 0.1) is 11.9 Å². The topological polar surface area (TPSA) is 17.8 Å². The summed E-state index contributed by atoms with van der Waals surface area (Å²) in [5.41, 5.74) is 3.77. The Bertz CT molecular complexity index is 415. The van der Waals surface area contributed by atoms with E-state index in [9.17, 15) is 0 Å². The molecular formula is C12H14N2. The molecule has 1 aromatic carbocycles. The Morgan fingerprint density at radius 2 is 1.93 bits per heavy atom. The van der Waals surface area contributed by atoms with Gasteiger partial charge in [-0.15, -0.1) is 0 Å². The molecule has 1 heterocycles. The third-order valence-corrected chi connectivity index (χ3v) is 2.44. The van der Waals surface area contributed by atoms with Gasteiger partial charge in [-0.2, -0.15) is 5.10 Å². The first kappa shape index (κ1) is 9.00. The molecule has 2 rings (SSSR count). The molecule has 14 heavy (non-hydrogen) atoms. The van der Waals surface area contributed by atoms with E-state index in [-0.39, 0.29) is 0 Å². The number of aryl methyl sites for hydroxylation is 2. The van der Waals surface area contributed by atoms with Crippen molar-refractivity contribution in [1.82, 2.24) is 9.78 Å². The summed E-state index contributed by atoms with van der Waals surface area (Å²) >= 11 is 0. The Morgan fingerprint density at radius 1 is 1.21 bits per heavy atom. The summed E-state index contributed by atoms with van der Waals surface area (Å²) in [7, 11) is 1.99. The Labute approximate surface area is 84.2 Å². The van der Waals surface area contributed by atoms with Crippen molar-refractivity contribution in [1.29, 1.82) is 0 Å². The van der Waals surface area contributed by atoms with Crippen LogP contribution in [0.5, 0.6) is 0 Å². The van der Waals surface area contributed by atoms with Gasteiger partial charge in [0.25, 0.3) is 0 Å². The van der Waals surface area contributed by atoms with E-state index in [0.717, 1.165) is 6.42 Å². The molecule has 0 spiro atoms. The minimum Gasteiger partial charge on any atom is -0.268 e. The van der Waals surface area contributed by atoms with E-state index < -0.39 is 0 Å². The molecule has 0 unspecified atom stereocenters. The summed E-state index contributed by atoms with van der Waals surface area (Å²) in [4.78, 5) is 0. The molecule has 2 aromatic rings. The van der Waals surface area contributed by atoms with Gasteiger partial charge in [0.15, 0.2) is 0 Å².